The zero-order valence-electron chi connectivity index (χ0n) is 9.32. The molecule has 1 aromatic heterocycles. The lowest BCUT2D eigenvalue weighted by Crippen LogP contribution is -2.17. The Hall–Kier alpha value is -0.900. The van der Waals surface area contributed by atoms with Gasteiger partial charge in [0, 0.05) is 7.05 Å². The van der Waals surface area contributed by atoms with E-state index in [0.717, 1.165) is 24.8 Å². The number of hydrogen-bond acceptors (Lipinski definition) is 3. The van der Waals surface area contributed by atoms with Crippen LogP contribution in [0.25, 0.3) is 0 Å². The largest absolute Gasteiger partial charge is 0.320 e. The Bertz CT molecular complexity index is 254. The van der Waals surface area contributed by atoms with Gasteiger partial charge in [-0.15, -0.1) is 10.2 Å². The van der Waals surface area contributed by atoms with Crippen LogP contribution in [-0.2, 0) is 13.6 Å². The van der Waals surface area contributed by atoms with Crippen LogP contribution in [0, 0.1) is 5.92 Å². The van der Waals surface area contributed by atoms with Gasteiger partial charge in [0.1, 0.15) is 12.2 Å². The van der Waals surface area contributed by atoms with Crippen LogP contribution in [0.3, 0.4) is 0 Å². The van der Waals surface area contributed by atoms with E-state index in [1.54, 1.807) is 6.33 Å². The maximum Gasteiger partial charge on any atom is 0.146 e. The summed E-state index contributed by atoms with van der Waals surface area (Å²) in [6.45, 7) is 6.38. The first-order valence-electron chi connectivity index (χ1n) is 5.23. The first-order chi connectivity index (χ1) is 6.70. The molecule has 0 aliphatic rings. The van der Waals surface area contributed by atoms with Gasteiger partial charge < -0.3 is 9.88 Å². The lowest BCUT2D eigenvalue weighted by Gasteiger charge is -2.05. The van der Waals surface area contributed by atoms with Crippen molar-refractivity contribution < 1.29 is 0 Å². The van der Waals surface area contributed by atoms with Crippen molar-refractivity contribution in [2.45, 2.75) is 33.2 Å². The molecule has 0 aliphatic heterocycles. The highest BCUT2D eigenvalue weighted by atomic mass is 15.3. The van der Waals surface area contributed by atoms with Crippen molar-refractivity contribution in [3.63, 3.8) is 0 Å². The van der Waals surface area contributed by atoms with Crippen LogP contribution in [0.2, 0.25) is 0 Å². The first kappa shape index (κ1) is 11.2. The molecule has 0 aliphatic carbocycles. The summed E-state index contributed by atoms with van der Waals surface area (Å²) in [5.74, 6) is 1.79. The van der Waals surface area contributed by atoms with Crippen LogP contribution in [0.15, 0.2) is 6.33 Å². The standard InChI is InChI=1S/C10H20N4/c1-9(2)5-4-6-11-7-10-13-12-8-14(10)3/h8-9,11H,4-7H2,1-3H3. The first-order valence-corrected chi connectivity index (χ1v) is 5.23. The average molecular weight is 196 g/mol. The van der Waals surface area contributed by atoms with E-state index in [-0.39, 0.29) is 0 Å². The van der Waals surface area contributed by atoms with E-state index in [1.165, 1.54) is 12.8 Å². The highest BCUT2D eigenvalue weighted by molar-refractivity contribution is 4.82. The molecule has 0 amide bonds. The zero-order valence-corrected chi connectivity index (χ0v) is 9.32. The second-order valence-corrected chi connectivity index (χ2v) is 4.07. The normalized spacial score (nSPS) is 11.1. The van der Waals surface area contributed by atoms with Gasteiger partial charge in [-0.25, -0.2) is 0 Å². The Morgan fingerprint density at radius 3 is 2.86 bits per heavy atom. The molecule has 0 spiro atoms. The van der Waals surface area contributed by atoms with E-state index >= 15 is 0 Å². The maximum atomic E-state index is 4.00. The molecule has 4 nitrogen and oxygen atoms in total. The van der Waals surface area contributed by atoms with Crippen molar-refractivity contribution in [1.29, 1.82) is 0 Å². The van der Waals surface area contributed by atoms with Crippen molar-refractivity contribution in [1.82, 2.24) is 20.1 Å². The highest BCUT2D eigenvalue weighted by Gasteiger charge is 1.99. The van der Waals surface area contributed by atoms with Crippen molar-refractivity contribution >= 4 is 0 Å². The van der Waals surface area contributed by atoms with E-state index < -0.39 is 0 Å². The van der Waals surface area contributed by atoms with E-state index in [2.05, 4.69) is 29.4 Å². The van der Waals surface area contributed by atoms with Crippen molar-refractivity contribution in [2.24, 2.45) is 13.0 Å². The van der Waals surface area contributed by atoms with Gasteiger partial charge in [-0.1, -0.05) is 13.8 Å². The Labute approximate surface area is 85.7 Å². The minimum atomic E-state index is 0.798. The highest BCUT2D eigenvalue weighted by Crippen LogP contribution is 2.01. The molecule has 0 unspecified atom stereocenters. The SMILES string of the molecule is CC(C)CCCNCc1nncn1C. The van der Waals surface area contributed by atoms with Gasteiger partial charge in [0.2, 0.25) is 0 Å². The smallest absolute Gasteiger partial charge is 0.146 e. The molecule has 0 aromatic carbocycles. The third-order valence-corrected chi connectivity index (χ3v) is 2.22. The molecular weight excluding hydrogens is 176 g/mol. The minimum absolute atomic E-state index is 0.798. The van der Waals surface area contributed by atoms with Crippen molar-refractivity contribution in [3.8, 4) is 0 Å². The fraction of sp³-hybridized carbons (Fsp3) is 0.800. The second kappa shape index (κ2) is 5.75. The number of rotatable bonds is 6. The summed E-state index contributed by atoms with van der Waals surface area (Å²) < 4.78 is 1.94. The van der Waals surface area contributed by atoms with Crippen LogP contribution in [0.5, 0.6) is 0 Å². The Morgan fingerprint density at radius 1 is 1.50 bits per heavy atom. The lowest BCUT2D eigenvalue weighted by molar-refractivity contribution is 0.520. The Morgan fingerprint density at radius 2 is 2.29 bits per heavy atom. The number of nitrogens with zero attached hydrogens (tertiary/aromatic N) is 3. The molecule has 0 saturated carbocycles. The van der Waals surface area contributed by atoms with Gasteiger partial charge in [-0.3, -0.25) is 0 Å². The third-order valence-electron chi connectivity index (χ3n) is 2.22. The van der Waals surface area contributed by atoms with Gasteiger partial charge in [0.05, 0.1) is 6.54 Å². The summed E-state index contributed by atoms with van der Waals surface area (Å²) in [6.07, 6.45) is 4.24. The van der Waals surface area contributed by atoms with E-state index in [9.17, 15) is 0 Å². The summed E-state index contributed by atoms with van der Waals surface area (Å²) in [6, 6.07) is 0. The molecule has 0 radical (unpaired) electrons. The third kappa shape index (κ3) is 3.87. The molecule has 80 valence electrons. The average Bonchev–Trinajstić information content (AvgIpc) is 2.51. The molecule has 0 atom stereocenters. The summed E-state index contributed by atoms with van der Waals surface area (Å²) in [5, 5.41) is 11.2. The molecule has 0 saturated heterocycles. The molecular formula is C10H20N4. The van der Waals surface area contributed by atoms with Gasteiger partial charge in [-0.2, -0.15) is 0 Å². The molecule has 1 rings (SSSR count). The van der Waals surface area contributed by atoms with E-state index in [4.69, 9.17) is 0 Å². The van der Waals surface area contributed by atoms with E-state index in [0.29, 0.717) is 0 Å². The summed E-state index contributed by atoms with van der Waals surface area (Å²) in [7, 11) is 1.96. The molecule has 1 aromatic rings. The van der Waals surface area contributed by atoms with Crippen molar-refractivity contribution in [3.05, 3.63) is 12.2 Å². The van der Waals surface area contributed by atoms with Gasteiger partial charge in [-0.05, 0) is 25.3 Å². The fourth-order valence-corrected chi connectivity index (χ4v) is 1.30. The Balaban J connectivity index is 2.08. The van der Waals surface area contributed by atoms with Crippen LogP contribution in [-0.4, -0.2) is 21.3 Å². The van der Waals surface area contributed by atoms with Crippen LogP contribution in [0.1, 0.15) is 32.5 Å². The summed E-state index contributed by atoms with van der Waals surface area (Å²) in [5.41, 5.74) is 0. The molecule has 1 N–H and O–H groups in total. The van der Waals surface area contributed by atoms with Crippen LogP contribution < -0.4 is 5.32 Å². The number of hydrogen-bond donors (Lipinski definition) is 1. The monoisotopic (exact) mass is 196 g/mol. The maximum absolute atomic E-state index is 4.00. The number of aryl methyl sites for hydroxylation is 1. The summed E-state index contributed by atoms with van der Waals surface area (Å²) >= 11 is 0. The molecule has 1 heterocycles. The van der Waals surface area contributed by atoms with Gasteiger partial charge in [0.25, 0.3) is 0 Å². The topological polar surface area (TPSA) is 42.7 Å². The van der Waals surface area contributed by atoms with Crippen LogP contribution >= 0.6 is 0 Å². The lowest BCUT2D eigenvalue weighted by atomic mass is 10.1. The molecule has 14 heavy (non-hydrogen) atoms. The minimum Gasteiger partial charge on any atom is -0.320 e. The van der Waals surface area contributed by atoms with Gasteiger partial charge in [0.15, 0.2) is 0 Å². The quantitative estimate of drug-likeness (QED) is 0.698. The molecule has 4 heteroatoms. The number of nitrogens with one attached hydrogen (secondary N) is 1. The van der Waals surface area contributed by atoms with Crippen molar-refractivity contribution in [2.75, 3.05) is 6.54 Å². The number of aromatic nitrogens is 3. The predicted octanol–water partition coefficient (Wildman–Crippen LogP) is 1.34. The van der Waals surface area contributed by atoms with Crippen LogP contribution in [0.4, 0.5) is 0 Å². The Kier molecular flexibility index (Phi) is 4.59. The van der Waals surface area contributed by atoms with Gasteiger partial charge >= 0.3 is 0 Å². The zero-order chi connectivity index (χ0) is 10.4. The second-order valence-electron chi connectivity index (χ2n) is 4.07. The fourth-order valence-electron chi connectivity index (χ4n) is 1.30. The summed E-state index contributed by atoms with van der Waals surface area (Å²) in [4.78, 5) is 0. The molecule has 0 bridgehead atoms. The predicted molar refractivity (Wildman–Crippen MR) is 56.8 cm³/mol. The molecule has 0 fully saturated rings. The van der Waals surface area contributed by atoms with E-state index in [1.807, 2.05) is 11.6 Å².